The van der Waals surface area contributed by atoms with Crippen molar-refractivity contribution in [2.24, 2.45) is 5.92 Å². The van der Waals surface area contributed by atoms with Crippen LogP contribution in [0.25, 0.3) is 21.6 Å². The first kappa shape index (κ1) is 13.9. The van der Waals surface area contributed by atoms with Gasteiger partial charge < -0.3 is 4.52 Å². The second-order valence-corrected chi connectivity index (χ2v) is 6.26. The molecular weight excluding hydrogens is 286 g/mol. The normalized spacial score (nSPS) is 13.0. The Morgan fingerprint density at radius 2 is 2.19 bits per heavy atom. The Balaban J connectivity index is 1.98. The number of hydrogen-bond donors (Lipinski definition) is 0. The molecule has 0 saturated heterocycles. The summed E-state index contributed by atoms with van der Waals surface area (Å²) < 4.78 is 6.37. The quantitative estimate of drug-likeness (QED) is 0.735. The van der Waals surface area contributed by atoms with Crippen LogP contribution in [0.4, 0.5) is 0 Å². The molecular formula is C15H15N3O2S. The molecule has 108 valence electrons. The molecule has 6 heteroatoms. The maximum atomic E-state index is 11.7. The Morgan fingerprint density at radius 3 is 2.90 bits per heavy atom. The number of rotatable bonds is 4. The lowest BCUT2D eigenvalue weighted by Gasteiger charge is -2.12. The molecule has 0 aliphatic carbocycles. The van der Waals surface area contributed by atoms with Crippen molar-refractivity contribution < 1.29 is 9.32 Å². The summed E-state index contributed by atoms with van der Waals surface area (Å²) >= 11 is 1.62. The van der Waals surface area contributed by atoms with E-state index in [1.165, 1.54) is 0 Å². The second-order valence-electron chi connectivity index (χ2n) is 5.32. The largest absolute Gasteiger partial charge is 0.338 e. The van der Waals surface area contributed by atoms with Crippen molar-refractivity contribution in [3.63, 3.8) is 0 Å². The predicted octanol–water partition coefficient (Wildman–Crippen LogP) is 3.67. The molecule has 3 aromatic rings. The summed E-state index contributed by atoms with van der Waals surface area (Å²) in [4.78, 5) is 20.5. The van der Waals surface area contributed by atoms with Crippen molar-refractivity contribution in [3.8, 4) is 11.4 Å². The van der Waals surface area contributed by atoms with Gasteiger partial charge in [0.25, 0.3) is 0 Å². The zero-order chi connectivity index (χ0) is 15.0. The van der Waals surface area contributed by atoms with Crippen LogP contribution in [-0.2, 0) is 4.79 Å². The van der Waals surface area contributed by atoms with Crippen molar-refractivity contribution in [2.75, 3.05) is 0 Å². The molecule has 5 nitrogen and oxygen atoms in total. The molecule has 0 spiro atoms. The van der Waals surface area contributed by atoms with Crippen molar-refractivity contribution >= 4 is 27.3 Å². The maximum absolute atomic E-state index is 11.7. The molecule has 0 fully saturated rings. The van der Waals surface area contributed by atoms with Crippen molar-refractivity contribution in [3.05, 3.63) is 29.6 Å². The minimum absolute atomic E-state index is 0.0343. The fourth-order valence-corrected chi connectivity index (χ4v) is 3.16. The van der Waals surface area contributed by atoms with Crippen LogP contribution in [0.15, 0.2) is 28.2 Å². The molecule has 0 saturated carbocycles. The smallest absolute Gasteiger partial charge is 0.237 e. The summed E-state index contributed by atoms with van der Waals surface area (Å²) in [5, 5.41) is 5.98. The Hall–Kier alpha value is -2.08. The van der Waals surface area contributed by atoms with E-state index < -0.39 is 0 Å². The van der Waals surface area contributed by atoms with E-state index in [4.69, 9.17) is 4.52 Å². The van der Waals surface area contributed by atoms with Crippen molar-refractivity contribution in [2.45, 2.75) is 26.7 Å². The molecule has 3 rings (SSSR count). The van der Waals surface area contributed by atoms with Crippen LogP contribution >= 0.6 is 11.3 Å². The summed E-state index contributed by atoms with van der Waals surface area (Å²) in [6.07, 6.45) is 1.72. The number of nitrogens with zero attached hydrogens (tertiary/aromatic N) is 3. The average molecular weight is 301 g/mol. The van der Waals surface area contributed by atoms with E-state index >= 15 is 0 Å². The highest BCUT2D eigenvalue weighted by atomic mass is 32.1. The van der Waals surface area contributed by atoms with E-state index in [1.54, 1.807) is 24.5 Å². The third-order valence-electron chi connectivity index (χ3n) is 3.37. The van der Waals surface area contributed by atoms with Crippen LogP contribution in [0, 0.1) is 5.92 Å². The van der Waals surface area contributed by atoms with Crippen LogP contribution in [0.1, 0.15) is 32.6 Å². The lowest BCUT2D eigenvalue weighted by atomic mass is 9.92. The van der Waals surface area contributed by atoms with Gasteiger partial charge in [-0.15, -0.1) is 11.3 Å². The van der Waals surface area contributed by atoms with Crippen LogP contribution in [0.3, 0.4) is 0 Å². The molecule has 0 radical (unpaired) electrons. The van der Waals surface area contributed by atoms with Gasteiger partial charge in [-0.1, -0.05) is 19.0 Å². The molecule has 3 heterocycles. The van der Waals surface area contributed by atoms with Gasteiger partial charge >= 0.3 is 0 Å². The maximum Gasteiger partial charge on any atom is 0.237 e. The third-order valence-corrected chi connectivity index (χ3v) is 4.23. The SMILES string of the molecule is CC(=O)C(c1nc(-c2cnc3ccsc3c2)no1)C(C)C. The number of thiophene rings is 1. The average Bonchev–Trinajstić information content (AvgIpc) is 3.05. The second kappa shape index (κ2) is 5.37. The first-order chi connectivity index (χ1) is 10.1. The first-order valence-corrected chi connectivity index (χ1v) is 7.62. The highest BCUT2D eigenvalue weighted by Gasteiger charge is 2.27. The number of pyridine rings is 1. The van der Waals surface area contributed by atoms with E-state index in [0.29, 0.717) is 11.7 Å². The van der Waals surface area contributed by atoms with E-state index in [-0.39, 0.29) is 17.6 Å². The summed E-state index contributed by atoms with van der Waals surface area (Å²) in [7, 11) is 0. The van der Waals surface area contributed by atoms with E-state index in [9.17, 15) is 4.79 Å². The summed E-state index contributed by atoms with van der Waals surface area (Å²) in [5.74, 6) is 0.642. The highest BCUT2D eigenvalue weighted by molar-refractivity contribution is 7.17. The minimum atomic E-state index is -0.357. The number of fused-ring (bicyclic) bond motifs is 1. The third kappa shape index (κ3) is 2.58. The topological polar surface area (TPSA) is 68.9 Å². The molecule has 0 amide bonds. The molecule has 1 atom stereocenters. The first-order valence-electron chi connectivity index (χ1n) is 6.74. The molecule has 0 aliphatic rings. The van der Waals surface area contributed by atoms with Crippen molar-refractivity contribution in [1.29, 1.82) is 0 Å². The van der Waals surface area contributed by atoms with Gasteiger partial charge in [0.1, 0.15) is 5.78 Å². The predicted molar refractivity (Wildman–Crippen MR) is 81.2 cm³/mol. The zero-order valence-electron chi connectivity index (χ0n) is 12.0. The Bertz CT molecular complexity index is 791. The van der Waals surface area contributed by atoms with Gasteiger partial charge in [-0.05, 0) is 30.4 Å². The molecule has 0 aliphatic heterocycles. The summed E-state index contributed by atoms with van der Waals surface area (Å²) in [6, 6.07) is 3.95. The number of ketones is 1. The fraction of sp³-hybridized carbons (Fsp3) is 0.333. The standard InChI is InChI=1S/C15H15N3O2S/c1-8(2)13(9(3)19)15-17-14(18-20-15)10-6-12-11(16-7-10)4-5-21-12/h4-8,13H,1-3H3. The van der Waals surface area contributed by atoms with Gasteiger partial charge in [-0.3, -0.25) is 9.78 Å². The monoisotopic (exact) mass is 301 g/mol. The lowest BCUT2D eigenvalue weighted by molar-refractivity contribution is -0.119. The molecule has 0 bridgehead atoms. The molecule has 0 N–H and O–H groups in total. The lowest BCUT2D eigenvalue weighted by Crippen LogP contribution is -2.15. The van der Waals surface area contributed by atoms with Gasteiger partial charge in [-0.25, -0.2) is 0 Å². The number of carbonyl (C=O) groups excluding carboxylic acids is 1. The molecule has 3 aromatic heterocycles. The Labute approximate surface area is 126 Å². The van der Waals surface area contributed by atoms with Crippen LogP contribution in [0.2, 0.25) is 0 Å². The molecule has 21 heavy (non-hydrogen) atoms. The van der Waals surface area contributed by atoms with E-state index in [2.05, 4.69) is 15.1 Å². The molecule has 1 unspecified atom stereocenters. The van der Waals surface area contributed by atoms with Gasteiger partial charge in [0.2, 0.25) is 11.7 Å². The van der Waals surface area contributed by atoms with E-state index in [1.807, 2.05) is 31.4 Å². The zero-order valence-corrected chi connectivity index (χ0v) is 12.8. The van der Waals surface area contributed by atoms with Crippen LogP contribution in [0.5, 0.6) is 0 Å². The van der Waals surface area contributed by atoms with Crippen LogP contribution in [-0.4, -0.2) is 20.9 Å². The number of Topliss-reactive ketones (excluding diaryl/α,β-unsaturated/α-hetero) is 1. The highest BCUT2D eigenvalue weighted by Crippen LogP contribution is 2.28. The number of aromatic nitrogens is 3. The van der Waals surface area contributed by atoms with E-state index in [0.717, 1.165) is 15.8 Å². The summed E-state index contributed by atoms with van der Waals surface area (Å²) in [5.41, 5.74) is 1.75. The number of carbonyl (C=O) groups is 1. The van der Waals surface area contributed by atoms with Crippen LogP contribution < -0.4 is 0 Å². The number of hydrogen-bond acceptors (Lipinski definition) is 6. The Kier molecular flexibility index (Phi) is 3.55. The van der Waals surface area contributed by atoms with Gasteiger partial charge in [0.15, 0.2) is 0 Å². The summed E-state index contributed by atoms with van der Waals surface area (Å²) in [6.45, 7) is 5.48. The van der Waals surface area contributed by atoms with Gasteiger partial charge in [-0.2, -0.15) is 4.98 Å². The van der Waals surface area contributed by atoms with Gasteiger partial charge in [0.05, 0.1) is 16.1 Å². The fourth-order valence-electron chi connectivity index (χ4n) is 2.38. The van der Waals surface area contributed by atoms with Gasteiger partial charge in [0, 0.05) is 11.8 Å². The Morgan fingerprint density at radius 1 is 1.38 bits per heavy atom. The molecule has 0 aromatic carbocycles. The minimum Gasteiger partial charge on any atom is -0.338 e. The van der Waals surface area contributed by atoms with Crippen molar-refractivity contribution in [1.82, 2.24) is 15.1 Å².